The van der Waals surface area contributed by atoms with Crippen molar-refractivity contribution < 1.29 is 84.3 Å². The summed E-state index contributed by atoms with van der Waals surface area (Å²) in [7, 11) is 0. The fraction of sp³-hybridized carbons (Fsp3) is 0.724. The van der Waals surface area contributed by atoms with Crippen molar-refractivity contribution in [2.45, 2.75) is 115 Å². The molecule has 3 fully saturated rings. The number of hydrogen-bond acceptors (Lipinski definition) is 18. The van der Waals surface area contributed by atoms with Gasteiger partial charge in [0.05, 0.1) is 38.1 Å². The number of nitrogens with zero attached hydrogens (tertiary/aromatic N) is 3. The van der Waals surface area contributed by atoms with Crippen LogP contribution in [0.5, 0.6) is 0 Å². The van der Waals surface area contributed by atoms with E-state index in [0.29, 0.717) is 4.90 Å². The lowest BCUT2D eigenvalue weighted by atomic mass is 9.88. The first kappa shape index (κ1) is 41.0. The Bertz CT molecular complexity index is 1370. The molecule has 286 valence electrons. The highest BCUT2D eigenvalue weighted by Crippen LogP contribution is 2.40. The smallest absolute Gasteiger partial charge is 0.364 e. The van der Waals surface area contributed by atoms with E-state index in [-0.39, 0.29) is 0 Å². The topological polar surface area (TPSA) is 343 Å². The number of aliphatic hydroxyl groups is 9. The fourth-order valence-electron chi connectivity index (χ4n) is 6.06. The van der Waals surface area contributed by atoms with Crippen LogP contribution < -0.4 is 5.32 Å². The lowest BCUT2D eigenvalue weighted by Gasteiger charge is -2.50. The van der Waals surface area contributed by atoms with Gasteiger partial charge < -0.3 is 80.1 Å². The number of azide groups is 1. The summed E-state index contributed by atoms with van der Waals surface area (Å²) in [5.41, 5.74) is 8.21. The number of carboxylic acid groups (broad SMARTS) is 1. The van der Waals surface area contributed by atoms with Crippen molar-refractivity contribution in [1.29, 1.82) is 0 Å². The molecule has 1 amide bonds. The summed E-state index contributed by atoms with van der Waals surface area (Å²) in [5, 5.41) is 111. The minimum atomic E-state index is -3.03. The van der Waals surface area contributed by atoms with Crippen LogP contribution >= 0.6 is 11.8 Å². The first-order chi connectivity index (χ1) is 24.2. The number of aliphatic hydroxyl groups excluding tert-OH is 9. The lowest BCUT2D eigenvalue weighted by molar-refractivity contribution is -0.378. The molecule has 0 aromatic heterocycles. The average molecular weight is 751 g/mol. The molecule has 1 aromatic carbocycles. The van der Waals surface area contributed by atoms with Crippen molar-refractivity contribution in [3.05, 3.63) is 40.8 Å². The number of ether oxygens (including phenoxy) is 5. The van der Waals surface area contributed by atoms with Gasteiger partial charge >= 0.3 is 5.97 Å². The summed E-state index contributed by atoms with van der Waals surface area (Å²) in [6, 6.07) is 5.82. The largest absolute Gasteiger partial charge is 0.477 e. The molecule has 3 heterocycles. The first-order valence-corrected chi connectivity index (χ1v) is 16.6. The van der Waals surface area contributed by atoms with Gasteiger partial charge in [0.1, 0.15) is 66.4 Å². The Balaban J connectivity index is 1.63. The highest BCUT2D eigenvalue weighted by molar-refractivity contribution is 7.99. The molecule has 21 nitrogen and oxygen atoms in total. The number of carboxylic acids is 1. The Morgan fingerprint density at radius 2 is 1.71 bits per heavy atom. The van der Waals surface area contributed by atoms with Crippen molar-refractivity contribution in [1.82, 2.24) is 5.32 Å². The van der Waals surface area contributed by atoms with Crippen molar-refractivity contribution in [2.75, 3.05) is 19.8 Å². The van der Waals surface area contributed by atoms with E-state index in [0.717, 1.165) is 18.7 Å². The van der Waals surface area contributed by atoms with Crippen molar-refractivity contribution in [3.8, 4) is 0 Å². The molecule has 51 heavy (non-hydrogen) atoms. The average Bonchev–Trinajstić information content (AvgIpc) is 3.10. The maximum absolute atomic E-state index is 12.7. The quantitative estimate of drug-likeness (QED) is 0.0489. The van der Waals surface area contributed by atoms with Gasteiger partial charge in [-0.2, -0.15) is 0 Å². The molecule has 0 radical (unpaired) electrons. The van der Waals surface area contributed by atoms with Crippen LogP contribution in [0, 0.1) is 0 Å². The molecule has 3 saturated heterocycles. The minimum Gasteiger partial charge on any atom is -0.477 e. The van der Waals surface area contributed by atoms with Crippen molar-refractivity contribution in [2.24, 2.45) is 5.11 Å². The monoisotopic (exact) mass is 750 g/mol. The Kier molecular flexibility index (Phi) is 14.4. The number of hydrogen-bond donors (Lipinski definition) is 11. The van der Waals surface area contributed by atoms with Gasteiger partial charge in [-0.25, -0.2) is 4.79 Å². The van der Waals surface area contributed by atoms with E-state index in [9.17, 15) is 66.2 Å². The van der Waals surface area contributed by atoms with Gasteiger partial charge in [0.15, 0.2) is 6.29 Å². The molecule has 1 aromatic rings. The second kappa shape index (κ2) is 17.9. The number of amides is 1. The van der Waals surface area contributed by atoms with Crippen molar-refractivity contribution in [3.63, 3.8) is 0 Å². The Morgan fingerprint density at radius 3 is 2.27 bits per heavy atom. The zero-order chi connectivity index (χ0) is 37.6. The number of thioether (sulfide) groups is 1. The molecule has 3 aliphatic rings. The van der Waals surface area contributed by atoms with E-state index in [1.807, 2.05) is 0 Å². The van der Waals surface area contributed by atoms with Crippen LogP contribution in [0.2, 0.25) is 0 Å². The van der Waals surface area contributed by atoms with Crippen LogP contribution in [0.4, 0.5) is 0 Å². The second-order valence-corrected chi connectivity index (χ2v) is 13.3. The van der Waals surface area contributed by atoms with E-state index >= 15 is 0 Å². The summed E-state index contributed by atoms with van der Waals surface area (Å²) in [4.78, 5) is 28.0. The molecule has 0 unspecified atom stereocenters. The highest BCUT2D eigenvalue weighted by Gasteiger charge is 2.60. The van der Waals surface area contributed by atoms with Crippen LogP contribution in [0.25, 0.3) is 10.4 Å². The third-order valence-electron chi connectivity index (χ3n) is 8.63. The maximum atomic E-state index is 12.7. The van der Waals surface area contributed by atoms with Gasteiger partial charge in [-0.15, -0.1) is 0 Å². The molecule has 22 heteroatoms. The van der Waals surface area contributed by atoms with Crippen LogP contribution in [0.15, 0.2) is 40.3 Å². The Hall–Kier alpha value is -2.74. The molecule has 4 rings (SSSR count). The van der Waals surface area contributed by atoms with E-state index < -0.39 is 135 Å². The van der Waals surface area contributed by atoms with Gasteiger partial charge in [0, 0.05) is 23.2 Å². The van der Waals surface area contributed by atoms with Crippen LogP contribution in [0.3, 0.4) is 0 Å². The SMILES string of the molecule is CC(=O)N[C@H]1[C@H]([C@H](O)[C@H](O)CO)O[C@@](O[C@H]2[C@@H](O)[C@@H](CO)O[C@@H](O[C@H]3[C@H](O)[C@@H](N=[N+]=[N-])[C@H](Sc4ccccc4)O[C@@H]3CO)[C@@H]2O)(C(=O)O)C[C@@H]1O. The molecule has 0 aliphatic carbocycles. The van der Waals surface area contributed by atoms with Gasteiger partial charge in [-0.05, 0) is 17.7 Å². The predicted octanol–water partition coefficient (Wildman–Crippen LogP) is -4.11. The molecule has 11 N–H and O–H groups in total. The number of aliphatic carboxylic acids is 1. The van der Waals surface area contributed by atoms with E-state index in [4.69, 9.17) is 23.7 Å². The van der Waals surface area contributed by atoms with E-state index in [2.05, 4.69) is 15.3 Å². The van der Waals surface area contributed by atoms with E-state index in [1.54, 1.807) is 30.3 Å². The number of benzene rings is 1. The molecule has 0 bridgehead atoms. The van der Waals surface area contributed by atoms with Crippen LogP contribution in [0.1, 0.15) is 13.3 Å². The van der Waals surface area contributed by atoms with Gasteiger partial charge in [0.2, 0.25) is 5.91 Å². The number of rotatable bonds is 14. The van der Waals surface area contributed by atoms with Crippen molar-refractivity contribution >= 4 is 23.6 Å². The fourth-order valence-corrected chi connectivity index (χ4v) is 7.20. The van der Waals surface area contributed by atoms with Gasteiger partial charge in [-0.1, -0.05) is 35.1 Å². The molecule has 0 spiro atoms. The Labute approximate surface area is 293 Å². The highest BCUT2D eigenvalue weighted by atomic mass is 32.2. The maximum Gasteiger partial charge on any atom is 0.364 e. The van der Waals surface area contributed by atoms with Gasteiger partial charge in [0.25, 0.3) is 5.79 Å². The molecule has 0 saturated carbocycles. The second-order valence-electron chi connectivity index (χ2n) is 12.1. The van der Waals surface area contributed by atoms with E-state index in [1.165, 1.54) is 0 Å². The summed E-state index contributed by atoms with van der Waals surface area (Å²) < 4.78 is 28.5. The normalized spacial score (nSPS) is 39.7. The third kappa shape index (κ3) is 9.08. The number of carbonyl (C=O) groups excluding carboxylic acids is 1. The number of nitrogens with one attached hydrogen (secondary N) is 1. The zero-order valence-corrected chi connectivity index (χ0v) is 27.8. The van der Waals surface area contributed by atoms with Crippen LogP contribution in [-0.2, 0) is 33.3 Å². The lowest BCUT2D eigenvalue weighted by Crippen LogP contribution is -2.70. The molecule has 16 atom stereocenters. The molecular weight excluding hydrogens is 708 g/mol. The van der Waals surface area contributed by atoms with Gasteiger partial charge in [-0.3, -0.25) is 4.79 Å². The van der Waals surface area contributed by atoms with Crippen LogP contribution in [-0.4, -0.2) is 180 Å². The number of carbonyl (C=O) groups is 2. The summed E-state index contributed by atoms with van der Waals surface area (Å²) in [6.45, 7) is -1.73. The molecular formula is C29H42N4O17S. The summed E-state index contributed by atoms with van der Waals surface area (Å²) in [6.07, 6.45) is -23.5. The predicted molar refractivity (Wildman–Crippen MR) is 167 cm³/mol. The summed E-state index contributed by atoms with van der Waals surface area (Å²) in [5.74, 6) is -5.73. The summed E-state index contributed by atoms with van der Waals surface area (Å²) >= 11 is 1.08. The molecule has 3 aliphatic heterocycles. The zero-order valence-electron chi connectivity index (χ0n) is 27.0. The minimum absolute atomic E-state index is 0.668. The third-order valence-corrected chi connectivity index (χ3v) is 9.79. The Morgan fingerprint density at radius 1 is 1.04 bits per heavy atom. The first-order valence-electron chi connectivity index (χ1n) is 15.7. The standard InChI is InChI=1S/C29H42N4O17S/c1-11(37)31-17-13(38)7-29(28(44)45,49-24(17)19(40)14(39)8-34)50-25-20(41)15(9-35)46-26(22(25)43)48-23-16(10-36)47-27(18(21(23)42)32-33-30)51-12-5-3-2-4-6-12/h2-6,13-27,34-36,38-43H,7-10H2,1H3,(H,31,37)(H,44,45)/t13-,14+,15+,16+,17+,18+,19+,20-,21+,22+,23+,24+,25-,26-,27-,29-/m0/s1.